The Hall–Kier alpha value is -2.27. The topological polar surface area (TPSA) is 122 Å². The van der Waals surface area contributed by atoms with E-state index in [1.165, 1.54) is 24.3 Å². The zero-order valence-corrected chi connectivity index (χ0v) is 18.5. The summed E-state index contributed by atoms with van der Waals surface area (Å²) in [5.74, 6) is -0.415. The van der Waals surface area contributed by atoms with Crippen molar-refractivity contribution in [1.29, 1.82) is 0 Å². The quantitative estimate of drug-likeness (QED) is 0.532. The molecule has 0 aliphatic carbocycles. The van der Waals surface area contributed by atoms with Crippen molar-refractivity contribution in [2.24, 2.45) is 5.14 Å². The zero-order valence-electron chi connectivity index (χ0n) is 16.1. The molecule has 29 heavy (non-hydrogen) atoms. The van der Waals surface area contributed by atoms with Crippen LogP contribution in [0.2, 0.25) is 0 Å². The molecule has 0 atom stereocenters. The summed E-state index contributed by atoms with van der Waals surface area (Å²) in [7, 11) is -2.02. The Balaban J connectivity index is 1.78. The van der Waals surface area contributed by atoms with Gasteiger partial charge in [0.05, 0.1) is 11.4 Å². The number of carbonyl (C=O) groups excluding carboxylic acids is 2. The number of halogens is 1. The van der Waals surface area contributed by atoms with E-state index in [2.05, 4.69) is 26.6 Å². The molecule has 0 fully saturated rings. The van der Waals surface area contributed by atoms with E-state index < -0.39 is 10.0 Å². The van der Waals surface area contributed by atoms with Crippen LogP contribution in [0.3, 0.4) is 0 Å². The van der Waals surface area contributed by atoms with Gasteiger partial charge in [0.25, 0.3) is 0 Å². The molecule has 156 valence electrons. The van der Waals surface area contributed by atoms with E-state index in [4.69, 9.17) is 5.14 Å². The van der Waals surface area contributed by atoms with E-state index >= 15 is 0 Å². The zero-order chi connectivity index (χ0) is 21.6. The molecular weight excluding hydrogens is 460 g/mol. The molecule has 8 nitrogen and oxygen atoms in total. The lowest BCUT2D eigenvalue weighted by Gasteiger charge is -2.17. The molecule has 2 amide bonds. The first-order valence-electron chi connectivity index (χ1n) is 8.72. The largest absolute Gasteiger partial charge is 0.326 e. The lowest BCUT2D eigenvalue weighted by molar-refractivity contribution is -0.119. The van der Waals surface area contributed by atoms with Crippen LogP contribution in [0.5, 0.6) is 0 Å². The summed E-state index contributed by atoms with van der Waals surface area (Å²) in [4.78, 5) is 26.0. The molecule has 2 aromatic rings. The minimum atomic E-state index is -3.77. The Labute approximate surface area is 178 Å². The highest BCUT2D eigenvalue weighted by Crippen LogP contribution is 2.20. The van der Waals surface area contributed by atoms with Gasteiger partial charge in [-0.15, -0.1) is 0 Å². The molecule has 0 unspecified atom stereocenters. The van der Waals surface area contributed by atoms with Gasteiger partial charge in [0.1, 0.15) is 0 Å². The first-order chi connectivity index (χ1) is 13.5. The number of benzene rings is 2. The molecule has 0 aromatic heterocycles. The lowest BCUT2D eigenvalue weighted by Crippen LogP contribution is -2.32. The van der Waals surface area contributed by atoms with Crippen LogP contribution >= 0.6 is 15.9 Å². The van der Waals surface area contributed by atoms with Crippen LogP contribution in [0.1, 0.15) is 12.0 Å². The van der Waals surface area contributed by atoms with Crippen LogP contribution in [0.15, 0.2) is 51.8 Å². The predicted octanol–water partition coefficient (Wildman–Crippen LogP) is 2.30. The molecule has 2 aromatic carbocycles. The summed E-state index contributed by atoms with van der Waals surface area (Å²) in [5, 5.41) is 10.6. The van der Waals surface area contributed by atoms with Crippen molar-refractivity contribution in [1.82, 2.24) is 4.90 Å². The van der Waals surface area contributed by atoms with Gasteiger partial charge in [-0.05, 0) is 62.0 Å². The number of anilines is 2. The molecule has 2 rings (SSSR count). The number of sulfonamides is 1. The summed E-state index contributed by atoms with van der Waals surface area (Å²) in [6.07, 6.45) is 0.179. The molecule has 0 heterocycles. The van der Waals surface area contributed by atoms with Gasteiger partial charge in [-0.1, -0.05) is 15.9 Å². The van der Waals surface area contributed by atoms with Crippen LogP contribution in [-0.2, 0) is 19.6 Å². The summed E-state index contributed by atoms with van der Waals surface area (Å²) in [5.41, 5.74) is 2.16. The highest BCUT2D eigenvalue weighted by atomic mass is 79.9. The molecule has 4 N–H and O–H groups in total. The average Bonchev–Trinajstić information content (AvgIpc) is 2.62. The fourth-order valence-electron chi connectivity index (χ4n) is 2.53. The third-order valence-electron chi connectivity index (χ3n) is 4.06. The van der Waals surface area contributed by atoms with E-state index in [0.29, 0.717) is 12.2 Å². The maximum Gasteiger partial charge on any atom is 0.238 e. The van der Waals surface area contributed by atoms with Crippen molar-refractivity contribution in [3.63, 3.8) is 0 Å². The number of hydrogen-bond donors (Lipinski definition) is 3. The fourth-order valence-corrected chi connectivity index (χ4v) is 3.52. The first kappa shape index (κ1) is 23.0. The number of amides is 2. The van der Waals surface area contributed by atoms with Gasteiger partial charge in [-0.25, -0.2) is 13.6 Å². The standard InChI is InChI=1S/C19H23BrN4O4S/c1-13-11-14(20)3-8-17(13)23-19(26)12-24(2)10-9-18(25)22-15-4-6-16(7-5-15)29(21,27)28/h3-8,11H,9-10,12H2,1-2H3,(H,22,25)(H,23,26)(H2,21,27,28). The monoisotopic (exact) mass is 482 g/mol. The number of nitrogens with one attached hydrogen (secondary N) is 2. The van der Waals surface area contributed by atoms with Gasteiger partial charge < -0.3 is 10.6 Å². The third-order valence-corrected chi connectivity index (χ3v) is 5.49. The fraction of sp³-hybridized carbons (Fsp3) is 0.263. The van der Waals surface area contributed by atoms with Crippen molar-refractivity contribution >= 4 is 49.1 Å². The van der Waals surface area contributed by atoms with Crippen LogP contribution in [0.25, 0.3) is 0 Å². The summed E-state index contributed by atoms with van der Waals surface area (Å²) in [6, 6.07) is 11.2. The van der Waals surface area contributed by atoms with Crippen LogP contribution in [0, 0.1) is 6.92 Å². The number of likely N-dealkylation sites (N-methyl/N-ethyl adjacent to an activating group) is 1. The Morgan fingerprint density at radius 3 is 2.31 bits per heavy atom. The second-order valence-corrected chi connectivity index (χ2v) is 9.09. The number of carbonyl (C=O) groups is 2. The van der Waals surface area contributed by atoms with Crippen LogP contribution in [0.4, 0.5) is 11.4 Å². The highest BCUT2D eigenvalue weighted by molar-refractivity contribution is 9.10. The molecule has 0 saturated carbocycles. The van der Waals surface area contributed by atoms with Crippen molar-refractivity contribution in [2.75, 3.05) is 30.8 Å². The van der Waals surface area contributed by atoms with Gasteiger partial charge in [-0.3, -0.25) is 14.5 Å². The van der Waals surface area contributed by atoms with Gasteiger partial charge in [-0.2, -0.15) is 0 Å². The third kappa shape index (κ3) is 7.58. The maximum atomic E-state index is 12.2. The Bertz CT molecular complexity index is 994. The smallest absolute Gasteiger partial charge is 0.238 e. The summed E-state index contributed by atoms with van der Waals surface area (Å²) >= 11 is 3.38. The minimum Gasteiger partial charge on any atom is -0.326 e. The molecule has 0 aliphatic heterocycles. The van der Waals surface area contributed by atoms with E-state index in [0.717, 1.165) is 15.7 Å². The van der Waals surface area contributed by atoms with Crippen molar-refractivity contribution in [3.8, 4) is 0 Å². The number of hydrogen-bond acceptors (Lipinski definition) is 5. The Morgan fingerprint density at radius 1 is 1.07 bits per heavy atom. The normalized spacial score (nSPS) is 11.3. The minimum absolute atomic E-state index is 0.0257. The van der Waals surface area contributed by atoms with Crippen molar-refractivity contribution < 1.29 is 18.0 Å². The number of rotatable bonds is 8. The van der Waals surface area contributed by atoms with E-state index in [1.807, 2.05) is 25.1 Å². The van der Waals surface area contributed by atoms with Crippen LogP contribution < -0.4 is 15.8 Å². The molecule has 0 saturated heterocycles. The Morgan fingerprint density at radius 2 is 1.72 bits per heavy atom. The molecule has 0 aliphatic rings. The number of nitrogens with zero attached hydrogens (tertiary/aromatic N) is 1. The van der Waals surface area contributed by atoms with Gasteiger partial charge >= 0.3 is 0 Å². The SMILES string of the molecule is Cc1cc(Br)ccc1NC(=O)CN(C)CCC(=O)Nc1ccc(S(N)(=O)=O)cc1. The van der Waals surface area contributed by atoms with Crippen molar-refractivity contribution in [3.05, 3.63) is 52.5 Å². The highest BCUT2D eigenvalue weighted by Gasteiger charge is 2.11. The van der Waals surface area contributed by atoms with Gasteiger partial charge in [0.15, 0.2) is 0 Å². The van der Waals surface area contributed by atoms with E-state index in [1.54, 1.807) is 11.9 Å². The molecule has 0 radical (unpaired) electrons. The maximum absolute atomic E-state index is 12.2. The van der Waals surface area contributed by atoms with E-state index in [-0.39, 0.29) is 29.7 Å². The van der Waals surface area contributed by atoms with Gasteiger partial charge in [0.2, 0.25) is 21.8 Å². The van der Waals surface area contributed by atoms with Crippen LogP contribution in [-0.4, -0.2) is 45.3 Å². The number of primary sulfonamides is 1. The predicted molar refractivity (Wildman–Crippen MR) is 116 cm³/mol. The summed E-state index contributed by atoms with van der Waals surface area (Å²) in [6.45, 7) is 2.43. The second kappa shape index (κ2) is 9.97. The number of aryl methyl sites for hydroxylation is 1. The molecule has 0 bridgehead atoms. The van der Waals surface area contributed by atoms with E-state index in [9.17, 15) is 18.0 Å². The summed E-state index contributed by atoms with van der Waals surface area (Å²) < 4.78 is 23.4. The number of nitrogens with two attached hydrogens (primary N) is 1. The van der Waals surface area contributed by atoms with Gasteiger partial charge in [0, 0.05) is 28.8 Å². The molecule has 10 heteroatoms. The molecular formula is C19H23BrN4O4S. The first-order valence-corrected chi connectivity index (χ1v) is 11.1. The lowest BCUT2D eigenvalue weighted by atomic mass is 10.2. The molecule has 0 spiro atoms. The average molecular weight is 483 g/mol. The van der Waals surface area contributed by atoms with Crippen molar-refractivity contribution in [2.45, 2.75) is 18.2 Å². The Kier molecular flexibility index (Phi) is 7.91. The second-order valence-electron chi connectivity index (χ2n) is 6.61.